The number of aromatic nitrogens is 2. The summed E-state index contributed by atoms with van der Waals surface area (Å²) in [7, 11) is -4.26. The van der Waals surface area contributed by atoms with Crippen LogP contribution in [0.3, 0.4) is 0 Å². The number of nitrogens with two attached hydrogens (primary N) is 1. The lowest BCUT2D eigenvalue weighted by atomic mass is 10.5. The molecule has 0 bridgehead atoms. The predicted octanol–water partition coefficient (Wildman–Crippen LogP) is -0.750. The highest BCUT2D eigenvalue weighted by Gasteiger charge is 1.87. The van der Waals surface area contributed by atoms with Crippen molar-refractivity contribution in [3.05, 3.63) is 61.2 Å². The molecule has 0 saturated carbocycles. The van der Waals surface area contributed by atoms with Gasteiger partial charge in [-0.15, -0.1) is 0 Å². The van der Waals surface area contributed by atoms with E-state index >= 15 is 0 Å². The second-order valence-corrected chi connectivity index (χ2v) is 5.30. The molecule has 0 aromatic carbocycles. The lowest BCUT2D eigenvalue weighted by Gasteiger charge is -2.28. The quantitative estimate of drug-likeness (QED) is 0.750. The molecule has 0 radical (unpaired) electrons. The Morgan fingerprint density at radius 1 is 0.850 bits per heavy atom. The van der Waals surface area contributed by atoms with Crippen LogP contribution in [0, 0.1) is 0 Å². The van der Waals surface area contributed by atoms with Gasteiger partial charge < -0.3 is 20.1 Å². The number of nitrogens with one attached hydrogen (secondary N) is 2. The third-order valence-electron chi connectivity index (χ3n) is 1.85. The Labute approximate surface area is 118 Å². The van der Waals surface area contributed by atoms with E-state index < -0.39 is 7.60 Å². The van der Waals surface area contributed by atoms with E-state index in [1.165, 1.54) is 0 Å². The molecule has 6 nitrogen and oxygen atoms in total. The Kier molecular flexibility index (Phi) is 11.5. The predicted molar refractivity (Wildman–Crippen MR) is 72.1 cm³/mol. The lowest BCUT2D eigenvalue weighted by molar-refractivity contribution is -0.378. The normalized spacial score (nSPS) is 9.55. The molecule has 0 fully saturated rings. The summed E-state index contributed by atoms with van der Waals surface area (Å²) in [5.41, 5.74) is 4.94. The van der Waals surface area contributed by atoms with Crippen molar-refractivity contribution in [2.24, 2.45) is 5.73 Å². The van der Waals surface area contributed by atoms with Crippen LogP contribution in [0.5, 0.6) is 0 Å². The van der Waals surface area contributed by atoms with Crippen molar-refractivity contribution in [1.29, 1.82) is 0 Å². The minimum absolute atomic E-state index is 0.258. The van der Waals surface area contributed by atoms with Gasteiger partial charge in [0, 0.05) is 24.3 Å². The van der Waals surface area contributed by atoms with E-state index in [2.05, 4.69) is 9.97 Å². The van der Waals surface area contributed by atoms with E-state index in [4.69, 9.17) is 5.73 Å². The Morgan fingerprint density at radius 3 is 1.35 bits per heavy atom. The number of hydrogen-bond donors (Lipinski definition) is 1. The third-order valence-corrected chi connectivity index (χ3v) is 2.71. The molecule has 4 N–H and O–H groups in total. The van der Waals surface area contributed by atoms with E-state index in [0.717, 1.165) is 0 Å². The molecular formula is C13H20N3O3P. The first-order chi connectivity index (χ1) is 9.56. The number of hydrogen-bond acceptors (Lipinski definition) is 4. The number of rotatable bonds is 3. The van der Waals surface area contributed by atoms with Crippen LogP contribution in [-0.4, -0.2) is 12.7 Å². The molecule has 110 valence electrons. The molecule has 0 aliphatic carbocycles. The fraction of sp³-hybridized carbons (Fsp3) is 0.231. The van der Waals surface area contributed by atoms with Crippen LogP contribution in [0.25, 0.3) is 0 Å². The molecular weight excluding hydrogens is 277 g/mol. The number of aromatic amines is 2. The van der Waals surface area contributed by atoms with Crippen molar-refractivity contribution in [2.75, 3.05) is 12.7 Å². The Hall–Kier alpha value is -1.59. The summed E-state index contributed by atoms with van der Waals surface area (Å²) in [6, 6.07) is 11.7. The lowest BCUT2D eigenvalue weighted by Crippen LogP contribution is -2.18. The second kappa shape index (κ2) is 12.4. The Balaban J connectivity index is 0.000000274. The summed E-state index contributed by atoms with van der Waals surface area (Å²) < 4.78 is 9.81. The Bertz CT molecular complexity index is 366. The summed E-state index contributed by atoms with van der Waals surface area (Å²) in [6.07, 6.45) is 7.45. The van der Waals surface area contributed by atoms with Crippen LogP contribution >= 0.6 is 7.60 Å². The van der Waals surface area contributed by atoms with Gasteiger partial charge in [-0.1, -0.05) is 19.7 Å². The van der Waals surface area contributed by atoms with Gasteiger partial charge in [0.05, 0.1) is 0 Å². The summed E-state index contributed by atoms with van der Waals surface area (Å²) in [4.78, 5) is 25.4. The molecule has 0 aliphatic rings. The zero-order valence-electron chi connectivity index (χ0n) is 11.1. The van der Waals surface area contributed by atoms with Crippen molar-refractivity contribution in [3.8, 4) is 0 Å². The van der Waals surface area contributed by atoms with Gasteiger partial charge in [0.15, 0.2) is 24.8 Å². The van der Waals surface area contributed by atoms with Gasteiger partial charge in [0.25, 0.3) is 0 Å². The SMILES string of the molecule is NCCCP(=O)([O-])[O-].c1cc[nH+]cc1.c1cc[nH+]cc1. The standard InChI is InChI=1S/2C5H5N.C3H10NO3P/c2*1-2-4-6-5-3-1;4-2-1-3-8(5,6)7/h2*1-5H;1-4H2,(H2,5,6,7). The van der Waals surface area contributed by atoms with E-state index in [1.54, 1.807) is 0 Å². The average Bonchev–Trinajstić information content (AvgIpc) is 2.49. The van der Waals surface area contributed by atoms with Crippen LogP contribution in [0.1, 0.15) is 6.42 Å². The van der Waals surface area contributed by atoms with Gasteiger partial charge in [-0.2, -0.15) is 0 Å². The molecule has 2 heterocycles. The summed E-state index contributed by atoms with van der Waals surface area (Å²) in [6.45, 7) is 0.258. The summed E-state index contributed by atoms with van der Waals surface area (Å²) >= 11 is 0. The fourth-order valence-electron chi connectivity index (χ4n) is 0.969. The number of H-pyrrole nitrogens is 2. The third kappa shape index (κ3) is 16.4. The van der Waals surface area contributed by atoms with Gasteiger partial charge in [-0.05, 0) is 19.1 Å². The van der Waals surface area contributed by atoms with Crippen LogP contribution in [-0.2, 0) is 4.57 Å². The first kappa shape index (κ1) is 18.4. The van der Waals surface area contributed by atoms with E-state index in [1.807, 2.05) is 61.2 Å². The van der Waals surface area contributed by atoms with Crippen LogP contribution in [0.2, 0.25) is 0 Å². The van der Waals surface area contributed by atoms with E-state index in [0.29, 0.717) is 0 Å². The van der Waals surface area contributed by atoms with Crippen LogP contribution in [0.15, 0.2) is 61.2 Å². The summed E-state index contributed by atoms with van der Waals surface area (Å²) in [5.74, 6) is 0. The summed E-state index contributed by atoms with van der Waals surface area (Å²) in [5, 5.41) is 0. The maximum atomic E-state index is 9.81. The molecule has 0 spiro atoms. The first-order valence-corrected chi connectivity index (χ1v) is 7.82. The van der Waals surface area contributed by atoms with Crippen molar-refractivity contribution >= 4 is 7.60 Å². The van der Waals surface area contributed by atoms with E-state index in [-0.39, 0.29) is 19.1 Å². The second-order valence-electron chi connectivity index (χ2n) is 3.63. The molecule has 2 aromatic rings. The largest absolute Gasteiger partial charge is 0.811 e. The maximum Gasteiger partial charge on any atom is 0.166 e. The fourth-order valence-corrected chi connectivity index (χ4v) is 1.54. The molecule has 0 atom stereocenters. The highest BCUT2D eigenvalue weighted by Crippen LogP contribution is 2.22. The highest BCUT2D eigenvalue weighted by atomic mass is 31.2. The van der Waals surface area contributed by atoms with Gasteiger partial charge in [-0.3, -0.25) is 0 Å². The minimum atomic E-state index is -4.26. The maximum absolute atomic E-state index is 9.81. The van der Waals surface area contributed by atoms with Crippen molar-refractivity contribution in [2.45, 2.75) is 6.42 Å². The monoisotopic (exact) mass is 297 g/mol. The molecule has 0 saturated heterocycles. The van der Waals surface area contributed by atoms with Crippen LogP contribution < -0.4 is 25.5 Å². The van der Waals surface area contributed by atoms with Crippen LogP contribution in [0.4, 0.5) is 0 Å². The molecule has 0 unspecified atom stereocenters. The molecule has 0 amide bonds. The van der Waals surface area contributed by atoms with E-state index in [9.17, 15) is 14.4 Å². The molecule has 2 aromatic heterocycles. The van der Waals surface area contributed by atoms with Gasteiger partial charge >= 0.3 is 0 Å². The molecule has 0 aliphatic heterocycles. The van der Waals surface area contributed by atoms with Crippen molar-refractivity contribution in [3.63, 3.8) is 0 Å². The molecule has 7 heteroatoms. The highest BCUT2D eigenvalue weighted by molar-refractivity contribution is 7.48. The van der Waals surface area contributed by atoms with Crippen molar-refractivity contribution < 1.29 is 24.3 Å². The number of pyridine rings is 2. The zero-order valence-corrected chi connectivity index (χ0v) is 12.0. The molecule has 2 rings (SSSR count). The van der Waals surface area contributed by atoms with Gasteiger partial charge in [-0.25, -0.2) is 9.97 Å². The zero-order chi connectivity index (χ0) is 15.1. The topological polar surface area (TPSA) is 117 Å². The smallest absolute Gasteiger partial charge is 0.166 e. The minimum Gasteiger partial charge on any atom is -0.811 e. The van der Waals surface area contributed by atoms with Gasteiger partial charge in [0.2, 0.25) is 0 Å². The Morgan fingerprint density at radius 2 is 1.25 bits per heavy atom. The first-order valence-electron chi connectivity index (χ1n) is 6.09. The van der Waals surface area contributed by atoms with Gasteiger partial charge in [0.1, 0.15) is 0 Å². The van der Waals surface area contributed by atoms with Crippen molar-refractivity contribution in [1.82, 2.24) is 0 Å². The molecule has 20 heavy (non-hydrogen) atoms. The average molecular weight is 297 g/mol.